The van der Waals surface area contributed by atoms with E-state index in [-0.39, 0.29) is 11.9 Å². The maximum absolute atomic E-state index is 12.6. The number of rotatable bonds is 5. The first-order valence-corrected chi connectivity index (χ1v) is 10.2. The number of carbonyl (C=O) groups is 1. The number of piperidine rings is 1. The molecule has 2 aromatic rings. The van der Waals surface area contributed by atoms with E-state index in [1.165, 1.54) is 12.8 Å². The van der Waals surface area contributed by atoms with Crippen molar-refractivity contribution in [2.45, 2.75) is 38.3 Å². The molecule has 1 aromatic heterocycles. The zero-order valence-corrected chi connectivity index (χ0v) is 16.3. The summed E-state index contributed by atoms with van der Waals surface area (Å²) >= 11 is 6.45. The van der Waals surface area contributed by atoms with E-state index in [2.05, 4.69) is 15.1 Å². The first kappa shape index (κ1) is 18.4. The van der Waals surface area contributed by atoms with Gasteiger partial charge in [-0.05, 0) is 56.0 Å². The summed E-state index contributed by atoms with van der Waals surface area (Å²) in [5, 5.41) is 3.83. The van der Waals surface area contributed by atoms with Crippen molar-refractivity contribution in [3.63, 3.8) is 0 Å². The van der Waals surface area contributed by atoms with Crippen LogP contribution in [0.25, 0.3) is 0 Å². The highest BCUT2D eigenvalue weighted by molar-refractivity contribution is 6.33. The van der Waals surface area contributed by atoms with Crippen molar-refractivity contribution in [3.8, 4) is 0 Å². The van der Waals surface area contributed by atoms with Gasteiger partial charge in [0.25, 0.3) is 5.91 Å². The third-order valence-electron chi connectivity index (χ3n) is 5.54. The van der Waals surface area contributed by atoms with Crippen LogP contribution in [-0.4, -0.2) is 43.0 Å². The van der Waals surface area contributed by atoms with Gasteiger partial charge in [-0.3, -0.25) is 9.69 Å². The summed E-state index contributed by atoms with van der Waals surface area (Å²) in [5.41, 5.74) is 1.68. The van der Waals surface area contributed by atoms with E-state index in [1.54, 1.807) is 12.3 Å². The van der Waals surface area contributed by atoms with Crippen molar-refractivity contribution in [2.75, 3.05) is 31.1 Å². The minimum absolute atomic E-state index is 0.0330. The van der Waals surface area contributed by atoms with Gasteiger partial charge in [0.1, 0.15) is 5.76 Å². The van der Waals surface area contributed by atoms with Gasteiger partial charge in [-0.25, -0.2) is 0 Å². The van der Waals surface area contributed by atoms with E-state index >= 15 is 0 Å². The molecule has 0 radical (unpaired) electrons. The van der Waals surface area contributed by atoms with E-state index < -0.39 is 0 Å². The quantitative estimate of drug-likeness (QED) is 0.844. The molecule has 144 valence electrons. The second kappa shape index (κ2) is 8.36. The van der Waals surface area contributed by atoms with Crippen LogP contribution in [0.5, 0.6) is 0 Å². The molecule has 2 aliphatic heterocycles. The summed E-state index contributed by atoms with van der Waals surface area (Å²) in [7, 11) is 0. The maximum Gasteiger partial charge on any atom is 0.251 e. The van der Waals surface area contributed by atoms with Crippen LogP contribution in [0.15, 0.2) is 41.0 Å². The number of amides is 1. The number of likely N-dealkylation sites (tertiary alicyclic amines) is 1. The molecule has 5 nitrogen and oxygen atoms in total. The molecule has 1 amide bonds. The molecule has 2 saturated heterocycles. The summed E-state index contributed by atoms with van der Waals surface area (Å²) in [5.74, 6) is 0.958. The number of halogens is 1. The Balaban J connectivity index is 1.30. The maximum atomic E-state index is 12.6. The molecular formula is C21H26ClN3O2. The molecule has 4 rings (SSSR count). The number of nitrogens with one attached hydrogen (secondary N) is 1. The number of anilines is 1. The average molecular weight is 388 g/mol. The van der Waals surface area contributed by atoms with Crippen molar-refractivity contribution in [1.82, 2.24) is 10.2 Å². The third kappa shape index (κ3) is 4.47. The highest BCUT2D eigenvalue weighted by Gasteiger charge is 2.22. The largest absolute Gasteiger partial charge is 0.468 e. The van der Waals surface area contributed by atoms with Crippen molar-refractivity contribution in [1.29, 1.82) is 0 Å². The summed E-state index contributed by atoms with van der Waals surface area (Å²) in [4.78, 5) is 17.3. The van der Waals surface area contributed by atoms with E-state index in [0.29, 0.717) is 10.6 Å². The fourth-order valence-corrected chi connectivity index (χ4v) is 4.29. The molecule has 0 saturated carbocycles. The Labute approximate surface area is 165 Å². The fourth-order valence-electron chi connectivity index (χ4n) is 3.99. The molecule has 1 aromatic carbocycles. The molecule has 2 fully saturated rings. The van der Waals surface area contributed by atoms with Crippen LogP contribution in [-0.2, 0) is 6.54 Å². The fraction of sp³-hybridized carbons (Fsp3) is 0.476. The number of nitrogens with zero attached hydrogens (tertiary/aromatic N) is 2. The zero-order chi connectivity index (χ0) is 18.6. The minimum Gasteiger partial charge on any atom is -0.468 e. The Bertz CT molecular complexity index is 764. The lowest BCUT2D eigenvalue weighted by Gasteiger charge is -2.31. The Hall–Kier alpha value is -1.98. The summed E-state index contributed by atoms with van der Waals surface area (Å²) in [6, 6.07) is 9.81. The standard InChI is InChI=1S/C21H26ClN3O2/c22-19-14-16(5-6-20(19)25-9-1-2-10-25)21(26)23-17-7-11-24(12-8-17)15-18-4-3-13-27-18/h3-6,13-14,17H,1-2,7-12,15H2,(H,23,26). The second-order valence-electron chi connectivity index (χ2n) is 7.46. The molecule has 6 heteroatoms. The molecule has 0 aliphatic carbocycles. The van der Waals surface area contributed by atoms with Crippen molar-refractivity contribution in [2.24, 2.45) is 0 Å². The number of furan rings is 1. The zero-order valence-electron chi connectivity index (χ0n) is 15.5. The van der Waals surface area contributed by atoms with Gasteiger partial charge < -0.3 is 14.6 Å². The molecule has 3 heterocycles. The number of carbonyl (C=O) groups excluding carboxylic acids is 1. The summed E-state index contributed by atoms with van der Waals surface area (Å²) < 4.78 is 5.42. The monoisotopic (exact) mass is 387 g/mol. The lowest BCUT2D eigenvalue weighted by Crippen LogP contribution is -2.44. The predicted octanol–water partition coefficient (Wildman–Crippen LogP) is 3.93. The van der Waals surface area contributed by atoms with Crippen LogP contribution in [0.2, 0.25) is 5.02 Å². The molecule has 0 spiro atoms. The van der Waals surface area contributed by atoms with Crippen LogP contribution in [0, 0.1) is 0 Å². The Kier molecular flexibility index (Phi) is 5.69. The minimum atomic E-state index is -0.0330. The Morgan fingerprint density at radius 3 is 2.59 bits per heavy atom. The van der Waals surface area contributed by atoms with Crippen molar-refractivity contribution in [3.05, 3.63) is 52.9 Å². The van der Waals surface area contributed by atoms with Crippen LogP contribution in [0.3, 0.4) is 0 Å². The smallest absolute Gasteiger partial charge is 0.251 e. The van der Waals surface area contributed by atoms with Gasteiger partial charge >= 0.3 is 0 Å². The van der Waals surface area contributed by atoms with Gasteiger partial charge in [0.15, 0.2) is 0 Å². The average Bonchev–Trinajstić information content (AvgIpc) is 3.37. The van der Waals surface area contributed by atoms with Crippen LogP contribution < -0.4 is 10.2 Å². The van der Waals surface area contributed by atoms with Gasteiger partial charge in [-0.1, -0.05) is 11.6 Å². The van der Waals surface area contributed by atoms with Gasteiger partial charge in [0.05, 0.1) is 23.5 Å². The van der Waals surface area contributed by atoms with E-state index in [9.17, 15) is 4.79 Å². The number of benzene rings is 1. The molecule has 0 unspecified atom stereocenters. The van der Waals surface area contributed by atoms with Gasteiger partial charge in [0, 0.05) is 37.8 Å². The summed E-state index contributed by atoms with van der Waals surface area (Å²) in [6.45, 7) is 4.84. The predicted molar refractivity (Wildman–Crippen MR) is 107 cm³/mol. The second-order valence-corrected chi connectivity index (χ2v) is 7.87. The summed E-state index contributed by atoms with van der Waals surface area (Å²) in [6.07, 6.45) is 6.02. The van der Waals surface area contributed by atoms with E-state index in [0.717, 1.165) is 57.0 Å². The number of hydrogen-bond acceptors (Lipinski definition) is 4. The molecule has 0 atom stereocenters. The Morgan fingerprint density at radius 1 is 1.15 bits per heavy atom. The topological polar surface area (TPSA) is 48.7 Å². The highest BCUT2D eigenvalue weighted by atomic mass is 35.5. The molecule has 2 aliphatic rings. The van der Waals surface area contributed by atoms with Gasteiger partial charge in [-0.15, -0.1) is 0 Å². The highest BCUT2D eigenvalue weighted by Crippen LogP contribution is 2.29. The van der Waals surface area contributed by atoms with Gasteiger partial charge in [-0.2, -0.15) is 0 Å². The molecule has 0 bridgehead atoms. The molecule has 27 heavy (non-hydrogen) atoms. The first-order valence-electron chi connectivity index (χ1n) is 9.79. The SMILES string of the molecule is O=C(NC1CCN(Cc2ccco2)CC1)c1ccc(N2CCCC2)c(Cl)c1. The third-order valence-corrected chi connectivity index (χ3v) is 5.84. The van der Waals surface area contributed by atoms with E-state index in [4.69, 9.17) is 16.0 Å². The van der Waals surface area contributed by atoms with Crippen molar-refractivity contribution >= 4 is 23.2 Å². The Morgan fingerprint density at radius 2 is 1.93 bits per heavy atom. The van der Waals surface area contributed by atoms with Gasteiger partial charge in [0.2, 0.25) is 0 Å². The lowest BCUT2D eigenvalue weighted by molar-refractivity contribution is 0.0906. The van der Waals surface area contributed by atoms with Crippen LogP contribution in [0.1, 0.15) is 41.8 Å². The van der Waals surface area contributed by atoms with Crippen LogP contribution >= 0.6 is 11.6 Å². The van der Waals surface area contributed by atoms with E-state index in [1.807, 2.05) is 24.3 Å². The normalized spacial score (nSPS) is 18.8. The molecular weight excluding hydrogens is 362 g/mol. The van der Waals surface area contributed by atoms with Crippen molar-refractivity contribution < 1.29 is 9.21 Å². The molecule has 1 N–H and O–H groups in total. The number of hydrogen-bond donors (Lipinski definition) is 1. The first-order chi connectivity index (χ1) is 13.2. The lowest BCUT2D eigenvalue weighted by atomic mass is 10.0. The van der Waals surface area contributed by atoms with Crippen LogP contribution in [0.4, 0.5) is 5.69 Å².